The fourth-order valence-corrected chi connectivity index (χ4v) is 1.46. The lowest BCUT2D eigenvalue weighted by Crippen LogP contribution is -2.28. The lowest BCUT2D eigenvalue weighted by atomic mass is 10.2. The Hall–Kier alpha value is -2.09. The van der Waals surface area contributed by atoms with Crippen LogP contribution in [0.2, 0.25) is 5.15 Å². The summed E-state index contributed by atoms with van der Waals surface area (Å²) in [5, 5.41) is 15.5. The first-order valence-corrected chi connectivity index (χ1v) is 5.31. The summed E-state index contributed by atoms with van der Waals surface area (Å²) < 4.78 is 13.0. The summed E-state index contributed by atoms with van der Waals surface area (Å²) in [5.41, 5.74) is -0.0491. The minimum Gasteiger partial charge on any atom is -0.342 e. The van der Waals surface area contributed by atoms with Crippen LogP contribution in [0.5, 0.6) is 0 Å². The highest BCUT2D eigenvalue weighted by Crippen LogP contribution is 2.15. The number of nitrogens with one attached hydrogen (secondary N) is 2. The van der Waals surface area contributed by atoms with Gasteiger partial charge in [-0.25, -0.2) is 9.37 Å². The number of carbonyl (C=O) groups is 1. The Bertz CT molecular complexity index is 560. The Morgan fingerprint density at radius 1 is 1.61 bits per heavy atom. The number of carbonyl (C=O) groups excluding carboxylic acids is 1. The van der Waals surface area contributed by atoms with Gasteiger partial charge in [-0.3, -0.25) is 4.79 Å². The Morgan fingerprint density at radius 3 is 3.06 bits per heavy atom. The zero-order chi connectivity index (χ0) is 13.1. The first kappa shape index (κ1) is 12.4. The molecule has 1 amide bonds. The van der Waals surface area contributed by atoms with E-state index in [2.05, 4.69) is 30.9 Å². The van der Waals surface area contributed by atoms with E-state index in [0.717, 1.165) is 12.3 Å². The topological polar surface area (TPSA) is 96.5 Å². The number of tetrazole rings is 1. The fourth-order valence-electron chi connectivity index (χ4n) is 1.27. The summed E-state index contributed by atoms with van der Waals surface area (Å²) in [5.74, 6) is -0.898. The van der Waals surface area contributed by atoms with Crippen LogP contribution < -0.4 is 5.32 Å². The van der Waals surface area contributed by atoms with Crippen molar-refractivity contribution in [3.63, 3.8) is 0 Å². The van der Waals surface area contributed by atoms with Crippen molar-refractivity contribution in [1.29, 1.82) is 0 Å². The van der Waals surface area contributed by atoms with Gasteiger partial charge >= 0.3 is 0 Å². The second-order valence-electron chi connectivity index (χ2n) is 3.46. The lowest BCUT2D eigenvalue weighted by Gasteiger charge is -2.10. The van der Waals surface area contributed by atoms with Crippen molar-refractivity contribution in [3.8, 4) is 0 Å². The van der Waals surface area contributed by atoms with Gasteiger partial charge in [0.05, 0.1) is 17.8 Å². The van der Waals surface area contributed by atoms with Crippen LogP contribution in [0.1, 0.15) is 29.1 Å². The molecule has 2 heterocycles. The third kappa shape index (κ3) is 2.59. The molecule has 0 aliphatic carbocycles. The number of hydrogen-bond acceptors (Lipinski definition) is 5. The second-order valence-corrected chi connectivity index (χ2v) is 3.82. The van der Waals surface area contributed by atoms with Gasteiger partial charge in [-0.1, -0.05) is 16.8 Å². The lowest BCUT2D eigenvalue weighted by molar-refractivity contribution is 0.0937. The molecule has 1 unspecified atom stereocenters. The van der Waals surface area contributed by atoms with Crippen LogP contribution >= 0.6 is 11.6 Å². The number of nitrogens with zero attached hydrogens (tertiary/aromatic N) is 4. The van der Waals surface area contributed by atoms with E-state index in [0.29, 0.717) is 5.82 Å². The van der Waals surface area contributed by atoms with Gasteiger partial charge in [-0.15, -0.1) is 10.2 Å². The van der Waals surface area contributed by atoms with Gasteiger partial charge in [-0.05, 0) is 13.0 Å². The molecule has 0 radical (unpaired) electrons. The number of aromatic nitrogens is 5. The van der Waals surface area contributed by atoms with Gasteiger partial charge in [0.15, 0.2) is 5.82 Å². The molecule has 0 aliphatic heterocycles. The summed E-state index contributed by atoms with van der Waals surface area (Å²) in [4.78, 5) is 15.4. The zero-order valence-electron chi connectivity index (χ0n) is 9.19. The Kier molecular flexibility index (Phi) is 3.47. The predicted molar refractivity (Wildman–Crippen MR) is 59.3 cm³/mol. The molecule has 0 spiro atoms. The minimum absolute atomic E-state index is 0.0491. The van der Waals surface area contributed by atoms with Gasteiger partial charge < -0.3 is 5.32 Å². The molecule has 7 nitrogen and oxygen atoms in total. The quantitative estimate of drug-likeness (QED) is 0.807. The molecular formula is C9H8ClFN6O. The summed E-state index contributed by atoms with van der Waals surface area (Å²) in [7, 11) is 0. The van der Waals surface area contributed by atoms with E-state index < -0.39 is 17.8 Å². The first-order valence-electron chi connectivity index (χ1n) is 4.93. The highest BCUT2D eigenvalue weighted by atomic mass is 35.5. The number of amides is 1. The Morgan fingerprint density at radius 2 is 2.39 bits per heavy atom. The molecule has 94 valence electrons. The maximum atomic E-state index is 13.0. The number of H-pyrrole nitrogens is 1. The molecule has 2 aromatic heterocycles. The summed E-state index contributed by atoms with van der Waals surface area (Å²) >= 11 is 5.71. The molecule has 0 aliphatic rings. The summed E-state index contributed by atoms with van der Waals surface area (Å²) in [6.45, 7) is 1.66. The number of hydrogen-bond donors (Lipinski definition) is 2. The van der Waals surface area contributed by atoms with Crippen molar-refractivity contribution >= 4 is 17.5 Å². The largest absolute Gasteiger partial charge is 0.342 e. The van der Waals surface area contributed by atoms with Gasteiger partial charge in [0, 0.05) is 0 Å². The molecular weight excluding hydrogens is 263 g/mol. The van der Waals surface area contributed by atoms with E-state index >= 15 is 0 Å². The molecule has 18 heavy (non-hydrogen) atoms. The maximum absolute atomic E-state index is 13.0. The average molecular weight is 271 g/mol. The smallest absolute Gasteiger partial charge is 0.255 e. The van der Waals surface area contributed by atoms with Crippen molar-refractivity contribution in [1.82, 2.24) is 30.9 Å². The number of pyridine rings is 1. The molecule has 0 saturated heterocycles. The van der Waals surface area contributed by atoms with Gasteiger partial charge in [0.1, 0.15) is 11.0 Å². The normalized spacial score (nSPS) is 12.2. The van der Waals surface area contributed by atoms with Crippen molar-refractivity contribution in [2.24, 2.45) is 0 Å². The van der Waals surface area contributed by atoms with Crippen LogP contribution in [0.25, 0.3) is 0 Å². The van der Waals surface area contributed by atoms with E-state index in [-0.39, 0.29) is 10.7 Å². The summed E-state index contributed by atoms with van der Waals surface area (Å²) in [6.07, 6.45) is 0.932. The standard InChI is InChI=1S/C9H8ClFN6O/c1-4(8-14-16-17-15-8)13-9(18)6-2-5(11)3-12-7(6)10/h2-4H,1H3,(H,13,18)(H,14,15,16,17). The molecule has 0 aromatic carbocycles. The van der Waals surface area contributed by atoms with Crippen LogP contribution in [-0.2, 0) is 0 Å². The molecule has 0 bridgehead atoms. The van der Waals surface area contributed by atoms with E-state index in [1.54, 1.807) is 6.92 Å². The average Bonchev–Trinajstić information content (AvgIpc) is 2.85. The molecule has 2 rings (SSSR count). The molecule has 2 N–H and O–H groups in total. The molecule has 0 fully saturated rings. The highest BCUT2D eigenvalue weighted by Gasteiger charge is 2.18. The first-order chi connectivity index (χ1) is 8.58. The molecule has 0 saturated carbocycles. The van der Waals surface area contributed by atoms with Crippen molar-refractivity contribution in [3.05, 3.63) is 34.6 Å². The van der Waals surface area contributed by atoms with Gasteiger partial charge in [-0.2, -0.15) is 5.21 Å². The van der Waals surface area contributed by atoms with E-state index in [1.165, 1.54) is 0 Å². The second kappa shape index (κ2) is 5.05. The number of aromatic amines is 1. The summed E-state index contributed by atoms with van der Waals surface area (Å²) in [6, 6.07) is 0.517. The molecule has 9 heteroatoms. The number of rotatable bonds is 3. The zero-order valence-corrected chi connectivity index (χ0v) is 9.94. The Labute approximate surface area is 106 Å². The number of halogens is 2. The third-order valence-electron chi connectivity index (χ3n) is 2.15. The molecule has 1 atom stereocenters. The van der Waals surface area contributed by atoms with E-state index in [9.17, 15) is 9.18 Å². The van der Waals surface area contributed by atoms with Gasteiger partial charge in [0.2, 0.25) is 0 Å². The Balaban J connectivity index is 2.15. The minimum atomic E-state index is -0.642. The van der Waals surface area contributed by atoms with E-state index in [1.807, 2.05) is 0 Å². The van der Waals surface area contributed by atoms with Crippen molar-refractivity contribution < 1.29 is 9.18 Å². The van der Waals surface area contributed by atoms with Gasteiger partial charge in [0.25, 0.3) is 5.91 Å². The van der Waals surface area contributed by atoms with E-state index in [4.69, 9.17) is 11.6 Å². The van der Waals surface area contributed by atoms with Crippen molar-refractivity contribution in [2.75, 3.05) is 0 Å². The fraction of sp³-hybridized carbons (Fsp3) is 0.222. The highest BCUT2D eigenvalue weighted by molar-refractivity contribution is 6.32. The molecule has 2 aromatic rings. The van der Waals surface area contributed by atoms with Crippen molar-refractivity contribution in [2.45, 2.75) is 13.0 Å². The van der Waals surface area contributed by atoms with Crippen LogP contribution in [0.4, 0.5) is 4.39 Å². The van der Waals surface area contributed by atoms with Crippen LogP contribution in [0.15, 0.2) is 12.3 Å². The predicted octanol–water partition coefficient (Wildman–Crippen LogP) is 0.878. The van der Waals surface area contributed by atoms with Crippen LogP contribution in [0, 0.1) is 5.82 Å². The van der Waals surface area contributed by atoms with Crippen LogP contribution in [0.3, 0.4) is 0 Å². The monoisotopic (exact) mass is 270 g/mol. The maximum Gasteiger partial charge on any atom is 0.255 e. The third-order valence-corrected chi connectivity index (χ3v) is 2.45. The van der Waals surface area contributed by atoms with Crippen LogP contribution in [-0.4, -0.2) is 31.5 Å². The SMILES string of the molecule is CC(NC(=O)c1cc(F)cnc1Cl)c1nn[nH]n1.